The van der Waals surface area contributed by atoms with Crippen LogP contribution >= 0.6 is 0 Å². The molecule has 1 heterocycles. The summed E-state index contributed by atoms with van der Waals surface area (Å²) in [4.78, 5) is 12.5. The number of carboxylic acid groups (broad SMARTS) is 1. The summed E-state index contributed by atoms with van der Waals surface area (Å²) in [6, 6.07) is 0. The molecule has 0 amide bonds. The number of hydrogen-bond acceptors (Lipinski definition) is 3. The lowest BCUT2D eigenvalue weighted by Gasteiger charge is -2.31. The smallest absolute Gasteiger partial charge is 0.304 e. The Kier molecular flexibility index (Phi) is 4.18. The molecule has 1 aliphatic rings. The van der Waals surface area contributed by atoms with Crippen LogP contribution in [0.4, 0.5) is 0 Å². The van der Waals surface area contributed by atoms with Crippen LogP contribution in [0.25, 0.3) is 0 Å². The number of carbonyl (C=O) groups is 1. The minimum absolute atomic E-state index is 0.247. The molecule has 0 aromatic carbocycles. The average Bonchev–Trinajstić information content (AvgIpc) is 2.15. The molecular weight excluding hydrogens is 168 g/mol. The van der Waals surface area contributed by atoms with Gasteiger partial charge in [0, 0.05) is 13.1 Å². The van der Waals surface area contributed by atoms with Crippen LogP contribution < -0.4 is 5.73 Å². The molecule has 1 saturated heterocycles. The molecule has 0 aromatic rings. The van der Waals surface area contributed by atoms with E-state index in [4.69, 9.17) is 10.8 Å². The van der Waals surface area contributed by atoms with E-state index in [2.05, 4.69) is 4.90 Å². The van der Waals surface area contributed by atoms with Crippen molar-refractivity contribution in [3.63, 3.8) is 0 Å². The average molecular weight is 186 g/mol. The second kappa shape index (κ2) is 5.19. The minimum atomic E-state index is -0.713. The van der Waals surface area contributed by atoms with E-state index in [9.17, 15) is 4.79 Å². The van der Waals surface area contributed by atoms with Crippen molar-refractivity contribution in [1.82, 2.24) is 4.90 Å². The van der Waals surface area contributed by atoms with E-state index < -0.39 is 5.97 Å². The van der Waals surface area contributed by atoms with E-state index >= 15 is 0 Å². The van der Waals surface area contributed by atoms with Crippen molar-refractivity contribution in [2.45, 2.75) is 19.3 Å². The molecular formula is C9H18N2O2. The van der Waals surface area contributed by atoms with Gasteiger partial charge in [-0.1, -0.05) is 0 Å². The van der Waals surface area contributed by atoms with Crippen LogP contribution in [0.5, 0.6) is 0 Å². The van der Waals surface area contributed by atoms with Gasteiger partial charge in [-0.2, -0.15) is 0 Å². The Labute approximate surface area is 78.7 Å². The molecule has 1 fully saturated rings. The molecule has 0 saturated carbocycles. The maximum absolute atomic E-state index is 10.3. The minimum Gasteiger partial charge on any atom is -0.481 e. The molecule has 76 valence electrons. The zero-order valence-electron chi connectivity index (χ0n) is 7.91. The number of nitrogens with zero attached hydrogens (tertiary/aromatic N) is 1. The molecule has 3 N–H and O–H groups in total. The van der Waals surface area contributed by atoms with Crippen molar-refractivity contribution in [3.05, 3.63) is 0 Å². The summed E-state index contributed by atoms with van der Waals surface area (Å²) in [5.41, 5.74) is 5.58. The highest BCUT2D eigenvalue weighted by atomic mass is 16.4. The summed E-state index contributed by atoms with van der Waals surface area (Å²) in [6.07, 6.45) is 2.60. The van der Waals surface area contributed by atoms with E-state index in [1.165, 1.54) is 6.42 Å². The molecule has 0 aliphatic carbocycles. The first-order valence-corrected chi connectivity index (χ1v) is 4.86. The van der Waals surface area contributed by atoms with Crippen LogP contribution in [0, 0.1) is 5.92 Å². The normalized spacial score (nSPS) is 24.5. The van der Waals surface area contributed by atoms with Gasteiger partial charge in [-0.15, -0.1) is 0 Å². The van der Waals surface area contributed by atoms with Gasteiger partial charge < -0.3 is 15.7 Å². The fraction of sp³-hybridized carbons (Fsp3) is 0.889. The van der Waals surface area contributed by atoms with Crippen molar-refractivity contribution in [2.24, 2.45) is 11.7 Å². The number of likely N-dealkylation sites (tertiary alicyclic amines) is 1. The summed E-state index contributed by atoms with van der Waals surface area (Å²) in [5.74, 6) is -0.141. The van der Waals surface area contributed by atoms with Crippen molar-refractivity contribution in [1.29, 1.82) is 0 Å². The van der Waals surface area contributed by atoms with Gasteiger partial charge in [0.2, 0.25) is 0 Å². The zero-order chi connectivity index (χ0) is 9.68. The van der Waals surface area contributed by atoms with E-state index in [-0.39, 0.29) is 6.42 Å². The molecule has 1 aliphatic heterocycles. The third-order valence-electron chi connectivity index (χ3n) is 2.58. The fourth-order valence-corrected chi connectivity index (χ4v) is 1.80. The molecule has 1 atom stereocenters. The molecule has 1 rings (SSSR count). The van der Waals surface area contributed by atoms with Gasteiger partial charge in [-0.3, -0.25) is 4.79 Å². The lowest BCUT2D eigenvalue weighted by molar-refractivity contribution is -0.137. The van der Waals surface area contributed by atoms with E-state index in [0.29, 0.717) is 12.5 Å². The Balaban J connectivity index is 2.21. The predicted molar refractivity (Wildman–Crippen MR) is 50.5 cm³/mol. The van der Waals surface area contributed by atoms with Crippen LogP contribution in [-0.4, -0.2) is 42.2 Å². The van der Waals surface area contributed by atoms with Crippen molar-refractivity contribution < 1.29 is 9.90 Å². The second-order valence-corrected chi connectivity index (χ2v) is 3.69. The molecule has 1 unspecified atom stereocenters. The van der Waals surface area contributed by atoms with Crippen molar-refractivity contribution >= 4 is 5.97 Å². The standard InChI is InChI=1S/C9H18N2O2/c10-6-8-2-1-4-11(7-8)5-3-9(12)13/h8H,1-7,10H2,(H,12,13). The number of aliphatic carboxylic acids is 1. The monoisotopic (exact) mass is 186 g/mol. The van der Waals surface area contributed by atoms with Crippen molar-refractivity contribution in [3.8, 4) is 0 Å². The van der Waals surface area contributed by atoms with Crippen LogP contribution in [0.15, 0.2) is 0 Å². The van der Waals surface area contributed by atoms with Crippen LogP contribution in [0.1, 0.15) is 19.3 Å². The van der Waals surface area contributed by atoms with E-state index in [1.54, 1.807) is 0 Å². The summed E-state index contributed by atoms with van der Waals surface area (Å²) in [7, 11) is 0. The summed E-state index contributed by atoms with van der Waals surface area (Å²) >= 11 is 0. The maximum atomic E-state index is 10.3. The lowest BCUT2D eigenvalue weighted by Crippen LogP contribution is -2.39. The van der Waals surface area contributed by atoms with Gasteiger partial charge in [0.05, 0.1) is 6.42 Å². The number of hydrogen-bond donors (Lipinski definition) is 2. The highest BCUT2D eigenvalue weighted by Gasteiger charge is 2.18. The van der Waals surface area contributed by atoms with Gasteiger partial charge in [0.15, 0.2) is 0 Å². The molecule has 0 radical (unpaired) electrons. The third kappa shape index (κ3) is 3.74. The highest BCUT2D eigenvalue weighted by molar-refractivity contribution is 5.66. The summed E-state index contributed by atoms with van der Waals surface area (Å²) in [5, 5.41) is 8.52. The topological polar surface area (TPSA) is 66.6 Å². The first-order valence-electron chi connectivity index (χ1n) is 4.86. The molecule has 4 nitrogen and oxygen atoms in total. The quantitative estimate of drug-likeness (QED) is 0.655. The predicted octanol–water partition coefficient (Wildman–Crippen LogP) is 0.132. The summed E-state index contributed by atoms with van der Waals surface area (Å²) in [6.45, 7) is 3.41. The van der Waals surface area contributed by atoms with Gasteiger partial charge in [0.1, 0.15) is 0 Å². The van der Waals surface area contributed by atoms with Gasteiger partial charge in [-0.05, 0) is 31.8 Å². The lowest BCUT2D eigenvalue weighted by atomic mass is 9.98. The van der Waals surface area contributed by atoms with Crippen LogP contribution in [-0.2, 0) is 4.79 Å². The van der Waals surface area contributed by atoms with E-state index in [0.717, 1.165) is 26.1 Å². The molecule has 0 spiro atoms. The highest BCUT2D eigenvalue weighted by Crippen LogP contribution is 2.14. The Morgan fingerprint density at radius 1 is 1.62 bits per heavy atom. The maximum Gasteiger partial charge on any atom is 0.304 e. The number of rotatable bonds is 4. The van der Waals surface area contributed by atoms with E-state index in [1.807, 2.05) is 0 Å². The zero-order valence-corrected chi connectivity index (χ0v) is 7.91. The number of carboxylic acids is 1. The largest absolute Gasteiger partial charge is 0.481 e. The third-order valence-corrected chi connectivity index (χ3v) is 2.58. The Bertz CT molecular complexity index is 173. The second-order valence-electron chi connectivity index (χ2n) is 3.69. The summed E-state index contributed by atoms with van der Waals surface area (Å²) < 4.78 is 0. The number of piperidine rings is 1. The molecule has 4 heteroatoms. The van der Waals surface area contributed by atoms with Gasteiger partial charge in [-0.25, -0.2) is 0 Å². The molecule has 0 bridgehead atoms. The van der Waals surface area contributed by atoms with Crippen LogP contribution in [0.3, 0.4) is 0 Å². The van der Waals surface area contributed by atoms with Gasteiger partial charge >= 0.3 is 5.97 Å². The first kappa shape index (κ1) is 10.5. The molecule has 13 heavy (non-hydrogen) atoms. The molecule has 0 aromatic heterocycles. The first-order chi connectivity index (χ1) is 6.22. The number of nitrogens with two attached hydrogens (primary N) is 1. The Morgan fingerprint density at radius 3 is 3.00 bits per heavy atom. The van der Waals surface area contributed by atoms with Crippen LogP contribution in [0.2, 0.25) is 0 Å². The van der Waals surface area contributed by atoms with Crippen molar-refractivity contribution in [2.75, 3.05) is 26.2 Å². The Morgan fingerprint density at radius 2 is 2.38 bits per heavy atom. The fourth-order valence-electron chi connectivity index (χ4n) is 1.80. The van der Waals surface area contributed by atoms with Gasteiger partial charge in [0.25, 0.3) is 0 Å². The Hall–Kier alpha value is -0.610. The SMILES string of the molecule is NCC1CCCN(CCC(=O)O)C1.